The summed E-state index contributed by atoms with van der Waals surface area (Å²) in [6, 6.07) is 16.4. The third-order valence-corrected chi connectivity index (χ3v) is 5.72. The molecule has 29 heavy (non-hydrogen) atoms. The smallest absolute Gasteiger partial charge is 0.234 e. The van der Waals surface area contributed by atoms with E-state index in [0.717, 1.165) is 17.3 Å². The van der Waals surface area contributed by atoms with Crippen molar-refractivity contribution < 1.29 is 14.3 Å². The van der Waals surface area contributed by atoms with Gasteiger partial charge in [-0.1, -0.05) is 47.6 Å². The van der Waals surface area contributed by atoms with Gasteiger partial charge in [0, 0.05) is 12.3 Å². The number of ether oxygens (including phenoxy) is 1. The van der Waals surface area contributed by atoms with Crippen LogP contribution in [0.3, 0.4) is 0 Å². The number of para-hydroxylation sites is 1. The van der Waals surface area contributed by atoms with Crippen LogP contribution in [0.5, 0.6) is 5.75 Å². The van der Waals surface area contributed by atoms with Gasteiger partial charge in [-0.25, -0.2) is 0 Å². The first-order chi connectivity index (χ1) is 14.0. The van der Waals surface area contributed by atoms with E-state index in [1.807, 2.05) is 12.1 Å². The van der Waals surface area contributed by atoms with Crippen LogP contribution < -0.4 is 15.4 Å². The molecule has 1 aliphatic heterocycles. The predicted molar refractivity (Wildman–Crippen MR) is 114 cm³/mol. The lowest BCUT2D eigenvalue weighted by Gasteiger charge is -2.25. The maximum Gasteiger partial charge on any atom is 0.234 e. The zero-order chi connectivity index (χ0) is 20.8. The van der Waals surface area contributed by atoms with Crippen LogP contribution in [0, 0.1) is 11.3 Å². The summed E-state index contributed by atoms with van der Waals surface area (Å²) in [5.74, 6) is -0.120. The maximum atomic E-state index is 12.3. The minimum absolute atomic E-state index is 0.0291. The Morgan fingerprint density at radius 1 is 1.31 bits per heavy atom. The topological polar surface area (TPSA) is 91.2 Å². The fraction of sp³-hybridized carbons (Fsp3) is 0.190. The third-order valence-electron chi connectivity index (χ3n) is 4.37. The first kappa shape index (κ1) is 20.8. The Morgan fingerprint density at radius 2 is 2.03 bits per heavy atom. The Balaban J connectivity index is 1.75. The summed E-state index contributed by atoms with van der Waals surface area (Å²) >= 11 is 7.17. The Morgan fingerprint density at radius 3 is 2.69 bits per heavy atom. The lowest BCUT2D eigenvalue weighted by atomic mass is 9.87. The summed E-state index contributed by atoms with van der Waals surface area (Å²) in [5.41, 5.74) is 1.79. The number of halogens is 1. The molecule has 0 spiro atoms. The number of carbonyl (C=O) groups is 2. The Bertz CT molecular complexity index is 999. The normalized spacial score (nSPS) is 16.0. The van der Waals surface area contributed by atoms with Gasteiger partial charge in [0.15, 0.2) is 0 Å². The Kier molecular flexibility index (Phi) is 6.81. The van der Waals surface area contributed by atoms with Gasteiger partial charge in [-0.3, -0.25) is 9.59 Å². The molecule has 2 aromatic rings. The van der Waals surface area contributed by atoms with E-state index in [4.69, 9.17) is 16.3 Å². The number of allylic oxidation sites excluding steroid dienone is 1. The molecule has 0 radical (unpaired) electrons. The number of anilines is 1. The number of hydrogen-bond donors (Lipinski definition) is 2. The summed E-state index contributed by atoms with van der Waals surface area (Å²) in [4.78, 5) is 24.5. The highest BCUT2D eigenvalue weighted by molar-refractivity contribution is 8.03. The zero-order valence-electron chi connectivity index (χ0n) is 15.6. The van der Waals surface area contributed by atoms with Gasteiger partial charge in [0.2, 0.25) is 11.8 Å². The molecular formula is C21H18ClN3O3S. The van der Waals surface area contributed by atoms with Crippen molar-refractivity contribution in [1.29, 1.82) is 5.26 Å². The van der Waals surface area contributed by atoms with Gasteiger partial charge in [0.05, 0.1) is 40.2 Å². The van der Waals surface area contributed by atoms with Crippen molar-refractivity contribution in [2.45, 2.75) is 12.3 Å². The van der Waals surface area contributed by atoms with Gasteiger partial charge in [-0.05, 0) is 29.8 Å². The second kappa shape index (κ2) is 9.50. The average Bonchev–Trinajstić information content (AvgIpc) is 2.73. The van der Waals surface area contributed by atoms with Crippen LogP contribution in [-0.2, 0) is 9.59 Å². The first-order valence-corrected chi connectivity index (χ1v) is 10.1. The van der Waals surface area contributed by atoms with Crippen LogP contribution in [0.1, 0.15) is 17.9 Å². The first-order valence-electron chi connectivity index (χ1n) is 8.77. The Hall–Kier alpha value is -2.95. The van der Waals surface area contributed by atoms with E-state index in [1.54, 1.807) is 43.5 Å². The van der Waals surface area contributed by atoms with Crippen LogP contribution in [0.15, 0.2) is 59.1 Å². The van der Waals surface area contributed by atoms with Gasteiger partial charge < -0.3 is 15.4 Å². The molecule has 0 fully saturated rings. The molecule has 0 saturated carbocycles. The van der Waals surface area contributed by atoms with Crippen LogP contribution in [-0.4, -0.2) is 24.7 Å². The molecule has 2 aromatic carbocycles. The predicted octanol–water partition coefficient (Wildman–Crippen LogP) is 4.06. The standard InChI is InChI=1S/C21H18ClN3O3S/c1-28-14-8-6-13(7-9-14)15-10-19(26)25-21(16(15)11-23)29-12-20(27)24-18-5-3-2-4-17(18)22/h2-9,15H,10,12H2,1H3,(H,24,27)(H,25,26)/t15-/m0/s1. The molecule has 6 nitrogen and oxygen atoms in total. The number of benzene rings is 2. The number of thioether (sulfide) groups is 1. The molecule has 0 aliphatic carbocycles. The number of nitrogens with zero attached hydrogens (tertiary/aromatic N) is 1. The zero-order valence-corrected chi connectivity index (χ0v) is 17.1. The molecule has 1 heterocycles. The van der Waals surface area contributed by atoms with Gasteiger partial charge in [0.25, 0.3) is 0 Å². The molecule has 0 aromatic heterocycles. The van der Waals surface area contributed by atoms with Crippen LogP contribution in [0.2, 0.25) is 5.02 Å². The third kappa shape index (κ3) is 5.11. The molecule has 1 aliphatic rings. The van der Waals surface area contributed by atoms with Crippen LogP contribution >= 0.6 is 23.4 Å². The monoisotopic (exact) mass is 427 g/mol. The van der Waals surface area contributed by atoms with Gasteiger partial charge in [0.1, 0.15) is 5.75 Å². The summed E-state index contributed by atoms with van der Waals surface area (Å²) in [7, 11) is 1.58. The number of nitrogens with one attached hydrogen (secondary N) is 2. The molecule has 8 heteroatoms. The highest BCUT2D eigenvalue weighted by Gasteiger charge is 2.29. The van der Waals surface area contributed by atoms with E-state index in [1.165, 1.54) is 0 Å². The summed E-state index contributed by atoms with van der Waals surface area (Å²) in [6.07, 6.45) is 0.172. The summed E-state index contributed by atoms with van der Waals surface area (Å²) in [6.45, 7) is 0. The number of amides is 2. The molecule has 148 valence electrons. The van der Waals surface area contributed by atoms with Crippen molar-refractivity contribution in [3.8, 4) is 11.8 Å². The lowest BCUT2D eigenvalue weighted by Crippen LogP contribution is -2.31. The number of nitriles is 1. The molecule has 3 rings (SSSR count). The fourth-order valence-electron chi connectivity index (χ4n) is 2.94. The number of carbonyl (C=O) groups excluding carboxylic acids is 2. The van der Waals surface area contributed by atoms with E-state index >= 15 is 0 Å². The lowest BCUT2D eigenvalue weighted by molar-refractivity contribution is -0.121. The van der Waals surface area contributed by atoms with Crippen molar-refractivity contribution in [2.24, 2.45) is 0 Å². The molecule has 0 unspecified atom stereocenters. The maximum absolute atomic E-state index is 12.3. The quantitative estimate of drug-likeness (QED) is 0.725. The van der Waals surface area contributed by atoms with E-state index in [2.05, 4.69) is 16.7 Å². The van der Waals surface area contributed by atoms with E-state index in [0.29, 0.717) is 27.1 Å². The van der Waals surface area contributed by atoms with E-state index < -0.39 is 0 Å². The average molecular weight is 428 g/mol. The fourth-order valence-corrected chi connectivity index (χ4v) is 4.00. The second-order valence-electron chi connectivity index (χ2n) is 6.25. The van der Waals surface area contributed by atoms with Crippen molar-refractivity contribution in [2.75, 3.05) is 18.2 Å². The molecule has 2 N–H and O–H groups in total. The highest BCUT2D eigenvalue weighted by atomic mass is 35.5. The molecule has 0 saturated heterocycles. The Labute approximate surface area is 177 Å². The van der Waals surface area contributed by atoms with Crippen LogP contribution in [0.25, 0.3) is 0 Å². The van der Waals surface area contributed by atoms with E-state index in [9.17, 15) is 14.9 Å². The van der Waals surface area contributed by atoms with Gasteiger partial charge >= 0.3 is 0 Å². The van der Waals surface area contributed by atoms with Gasteiger partial charge in [-0.15, -0.1) is 0 Å². The number of methoxy groups -OCH3 is 1. The molecule has 2 amide bonds. The molecule has 1 atom stereocenters. The summed E-state index contributed by atoms with van der Waals surface area (Å²) < 4.78 is 5.16. The second-order valence-corrected chi connectivity index (χ2v) is 7.64. The molecule has 0 bridgehead atoms. The SMILES string of the molecule is COc1ccc([C@@H]2CC(=O)NC(SCC(=O)Nc3ccccc3Cl)=C2C#N)cc1. The van der Waals surface area contributed by atoms with Gasteiger partial charge in [-0.2, -0.15) is 5.26 Å². The van der Waals surface area contributed by atoms with Crippen molar-refractivity contribution in [1.82, 2.24) is 5.32 Å². The largest absolute Gasteiger partial charge is 0.497 e. The minimum Gasteiger partial charge on any atom is -0.497 e. The van der Waals surface area contributed by atoms with Crippen molar-refractivity contribution >= 4 is 40.9 Å². The van der Waals surface area contributed by atoms with Crippen molar-refractivity contribution in [3.63, 3.8) is 0 Å². The number of rotatable bonds is 6. The highest BCUT2D eigenvalue weighted by Crippen LogP contribution is 2.36. The minimum atomic E-state index is -0.367. The van der Waals surface area contributed by atoms with Crippen molar-refractivity contribution in [3.05, 3.63) is 69.7 Å². The number of hydrogen-bond acceptors (Lipinski definition) is 5. The van der Waals surface area contributed by atoms with E-state index in [-0.39, 0.29) is 29.9 Å². The van der Waals surface area contributed by atoms with Crippen LogP contribution in [0.4, 0.5) is 5.69 Å². The molecular weight excluding hydrogens is 410 g/mol. The summed E-state index contributed by atoms with van der Waals surface area (Å²) in [5, 5.41) is 16.0.